The Labute approximate surface area is 188 Å². The lowest BCUT2D eigenvalue weighted by atomic mass is 10.2. The predicted octanol–water partition coefficient (Wildman–Crippen LogP) is 4.40. The molecule has 29 heavy (non-hydrogen) atoms. The molecule has 2 N–H and O–H groups in total. The van der Waals surface area contributed by atoms with Gasteiger partial charge in [0.1, 0.15) is 5.75 Å². The first-order valence-corrected chi connectivity index (χ1v) is 9.55. The molecule has 0 unspecified atom stereocenters. The van der Waals surface area contributed by atoms with Crippen molar-refractivity contribution in [1.29, 1.82) is 0 Å². The second-order valence-electron chi connectivity index (χ2n) is 6.92. The van der Waals surface area contributed by atoms with E-state index in [0.717, 1.165) is 35.7 Å². The van der Waals surface area contributed by atoms with Crippen LogP contribution in [0.3, 0.4) is 0 Å². The molecule has 1 aliphatic carbocycles. The maximum atomic E-state index is 10.8. The minimum absolute atomic E-state index is 0. The number of nitrogens with zero attached hydrogens (tertiary/aromatic N) is 2. The molecule has 0 aliphatic heterocycles. The topological polar surface area (TPSA) is 88.8 Å². The number of non-ortho nitro benzene ring substituents is 1. The summed E-state index contributed by atoms with van der Waals surface area (Å²) in [5, 5.41) is 17.6. The number of hydrogen-bond acceptors (Lipinski definition) is 4. The summed E-state index contributed by atoms with van der Waals surface area (Å²) in [6.45, 7) is 1.12. The molecular formula is C21H27IN4O3. The highest BCUT2D eigenvalue weighted by atomic mass is 127. The molecule has 1 saturated carbocycles. The van der Waals surface area contributed by atoms with E-state index in [1.54, 1.807) is 19.2 Å². The van der Waals surface area contributed by atoms with Gasteiger partial charge >= 0.3 is 0 Å². The molecule has 0 radical (unpaired) electrons. The van der Waals surface area contributed by atoms with Gasteiger partial charge in [0.25, 0.3) is 5.69 Å². The average Bonchev–Trinajstić information content (AvgIpc) is 3.24. The van der Waals surface area contributed by atoms with Crippen molar-refractivity contribution < 1.29 is 9.66 Å². The highest BCUT2D eigenvalue weighted by Gasteiger charge is 2.16. The Bertz CT molecular complexity index is 804. The summed E-state index contributed by atoms with van der Waals surface area (Å²) in [6.07, 6.45) is 4.79. The van der Waals surface area contributed by atoms with Crippen molar-refractivity contribution in [3.8, 4) is 5.75 Å². The van der Waals surface area contributed by atoms with Gasteiger partial charge in [-0.05, 0) is 36.1 Å². The van der Waals surface area contributed by atoms with E-state index in [9.17, 15) is 10.1 Å². The maximum Gasteiger partial charge on any atom is 0.269 e. The SMILES string of the molecule is COc1ccc(CN=C(NCc2ccc([N+](=O)[O-])cc2)NC2CCCC2)cc1.I. The van der Waals surface area contributed by atoms with Crippen LogP contribution in [0.25, 0.3) is 0 Å². The van der Waals surface area contributed by atoms with Gasteiger partial charge in [0.2, 0.25) is 0 Å². The Kier molecular flexibility index (Phi) is 9.17. The number of guanidine groups is 1. The van der Waals surface area contributed by atoms with Crippen LogP contribution >= 0.6 is 24.0 Å². The molecular weight excluding hydrogens is 483 g/mol. The monoisotopic (exact) mass is 510 g/mol. The number of nitrogens with one attached hydrogen (secondary N) is 2. The van der Waals surface area contributed by atoms with Crippen molar-refractivity contribution >= 4 is 35.6 Å². The number of hydrogen-bond donors (Lipinski definition) is 2. The van der Waals surface area contributed by atoms with E-state index < -0.39 is 0 Å². The second kappa shape index (κ2) is 11.6. The predicted molar refractivity (Wildman–Crippen MR) is 125 cm³/mol. The quantitative estimate of drug-likeness (QED) is 0.190. The summed E-state index contributed by atoms with van der Waals surface area (Å²) in [6, 6.07) is 14.9. The van der Waals surface area contributed by atoms with E-state index in [1.165, 1.54) is 25.0 Å². The van der Waals surface area contributed by atoms with Crippen LogP contribution in [0.15, 0.2) is 53.5 Å². The molecule has 0 atom stereocenters. The summed E-state index contributed by atoms with van der Waals surface area (Å²) in [4.78, 5) is 15.1. The molecule has 0 saturated heterocycles. The van der Waals surface area contributed by atoms with Gasteiger partial charge in [-0.15, -0.1) is 24.0 Å². The van der Waals surface area contributed by atoms with Crippen molar-refractivity contribution in [3.63, 3.8) is 0 Å². The number of rotatable bonds is 7. The number of methoxy groups -OCH3 is 1. The zero-order valence-electron chi connectivity index (χ0n) is 16.5. The molecule has 8 heteroatoms. The Morgan fingerprint density at radius 1 is 1.10 bits per heavy atom. The van der Waals surface area contributed by atoms with Gasteiger partial charge in [0.15, 0.2) is 5.96 Å². The van der Waals surface area contributed by atoms with E-state index in [0.29, 0.717) is 19.1 Å². The molecule has 1 fully saturated rings. The van der Waals surface area contributed by atoms with Crippen molar-refractivity contribution in [3.05, 3.63) is 69.8 Å². The normalized spacial score (nSPS) is 14.2. The molecule has 7 nitrogen and oxygen atoms in total. The van der Waals surface area contributed by atoms with E-state index in [1.807, 2.05) is 24.3 Å². The van der Waals surface area contributed by atoms with Crippen LogP contribution in [0.5, 0.6) is 5.75 Å². The van der Waals surface area contributed by atoms with Crippen LogP contribution in [0.4, 0.5) is 5.69 Å². The Hall–Kier alpha value is -2.36. The van der Waals surface area contributed by atoms with Crippen LogP contribution < -0.4 is 15.4 Å². The van der Waals surface area contributed by atoms with Crippen LogP contribution in [-0.2, 0) is 13.1 Å². The average molecular weight is 510 g/mol. The van der Waals surface area contributed by atoms with Crippen LogP contribution in [0.2, 0.25) is 0 Å². The molecule has 0 spiro atoms. The third-order valence-corrected chi connectivity index (χ3v) is 4.88. The van der Waals surface area contributed by atoms with Crippen LogP contribution in [-0.4, -0.2) is 24.0 Å². The first-order valence-electron chi connectivity index (χ1n) is 9.55. The Morgan fingerprint density at radius 3 is 2.31 bits per heavy atom. The number of nitro benzene ring substituents is 1. The molecule has 0 amide bonds. The maximum absolute atomic E-state index is 10.8. The van der Waals surface area contributed by atoms with Gasteiger partial charge in [-0.25, -0.2) is 4.99 Å². The minimum Gasteiger partial charge on any atom is -0.497 e. The van der Waals surface area contributed by atoms with Crippen LogP contribution in [0.1, 0.15) is 36.8 Å². The zero-order valence-corrected chi connectivity index (χ0v) is 18.8. The molecule has 1 aliphatic rings. The number of ether oxygens (including phenoxy) is 1. The van der Waals surface area contributed by atoms with E-state index in [-0.39, 0.29) is 34.6 Å². The van der Waals surface area contributed by atoms with Gasteiger partial charge < -0.3 is 15.4 Å². The lowest BCUT2D eigenvalue weighted by Crippen LogP contribution is -2.42. The van der Waals surface area contributed by atoms with Gasteiger partial charge in [0, 0.05) is 24.7 Å². The first-order chi connectivity index (χ1) is 13.6. The van der Waals surface area contributed by atoms with Gasteiger partial charge in [-0.1, -0.05) is 37.1 Å². The lowest BCUT2D eigenvalue weighted by Gasteiger charge is -2.17. The zero-order chi connectivity index (χ0) is 19.8. The molecule has 156 valence electrons. The summed E-state index contributed by atoms with van der Waals surface area (Å²) in [5.74, 6) is 1.59. The number of aliphatic imine (C=N–C) groups is 1. The van der Waals surface area contributed by atoms with Crippen molar-refractivity contribution in [2.24, 2.45) is 4.99 Å². The first kappa shape index (κ1) is 22.9. The third kappa shape index (κ3) is 7.19. The standard InChI is InChI=1S/C21H26N4O3.HI/c1-28-20-12-8-17(9-13-20)15-23-21(24-18-4-2-3-5-18)22-14-16-6-10-19(11-7-16)25(26)27;/h6-13,18H,2-5,14-15H2,1H3,(H2,22,23,24);1H. The lowest BCUT2D eigenvalue weighted by molar-refractivity contribution is -0.384. The fourth-order valence-electron chi connectivity index (χ4n) is 3.24. The Morgan fingerprint density at radius 2 is 1.72 bits per heavy atom. The fraction of sp³-hybridized carbons (Fsp3) is 0.381. The second-order valence-corrected chi connectivity index (χ2v) is 6.92. The van der Waals surface area contributed by atoms with Crippen molar-refractivity contribution in [2.75, 3.05) is 7.11 Å². The number of nitro groups is 1. The molecule has 2 aromatic rings. The number of halogens is 1. The van der Waals surface area contributed by atoms with Crippen molar-refractivity contribution in [1.82, 2.24) is 10.6 Å². The molecule has 0 aromatic heterocycles. The van der Waals surface area contributed by atoms with Crippen molar-refractivity contribution in [2.45, 2.75) is 44.8 Å². The van der Waals surface area contributed by atoms with E-state index >= 15 is 0 Å². The summed E-state index contributed by atoms with van der Waals surface area (Å²) < 4.78 is 5.19. The minimum atomic E-state index is -0.388. The van der Waals surface area contributed by atoms with Gasteiger partial charge in [-0.2, -0.15) is 0 Å². The molecule has 3 rings (SSSR count). The van der Waals surface area contributed by atoms with Gasteiger partial charge in [-0.3, -0.25) is 10.1 Å². The molecule has 2 aromatic carbocycles. The van der Waals surface area contributed by atoms with Crippen LogP contribution in [0, 0.1) is 10.1 Å². The summed E-state index contributed by atoms with van der Waals surface area (Å²) in [7, 11) is 1.65. The third-order valence-electron chi connectivity index (χ3n) is 4.88. The smallest absolute Gasteiger partial charge is 0.269 e. The largest absolute Gasteiger partial charge is 0.497 e. The molecule has 0 heterocycles. The van der Waals surface area contributed by atoms with Gasteiger partial charge in [0.05, 0.1) is 18.6 Å². The summed E-state index contributed by atoms with van der Waals surface area (Å²) in [5.41, 5.74) is 2.17. The highest BCUT2D eigenvalue weighted by molar-refractivity contribution is 14.0. The molecule has 0 bridgehead atoms. The van der Waals surface area contributed by atoms with E-state index in [4.69, 9.17) is 9.73 Å². The van der Waals surface area contributed by atoms with E-state index in [2.05, 4.69) is 10.6 Å². The Balaban J connectivity index is 0.00000300. The highest BCUT2D eigenvalue weighted by Crippen LogP contribution is 2.18. The fourth-order valence-corrected chi connectivity index (χ4v) is 3.24. The summed E-state index contributed by atoms with van der Waals surface area (Å²) >= 11 is 0. The number of benzene rings is 2.